The van der Waals surface area contributed by atoms with E-state index in [-0.39, 0.29) is 35.7 Å². The third-order valence-corrected chi connectivity index (χ3v) is 8.43. The molecule has 2 aliphatic heterocycles. The van der Waals surface area contributed by atoms with Crippen molar-refractivity contribution in [2.24, 2.45) is 16.5 Å². The van der Waals surface area contributed by atoms with Gasteiger partial charge in [0.2, 0.25) is 10.0 Å². The summed E-state index contributed by atoms with van der Waals surface area (Å²) in [6.45, 7) is 2.03. The number of carboxylic acids is 1. The maximum absolute atomic E-state index is 13.6. The van der Waals surface area contributed by atoms with Crippen molar-refractivity contribution in [1.29, 1.82) is 0 Å². The molecule has 0 radical (unpaired) electrons. The van der Waals surface area contributed by atoms with Gasteiger partial charge in [-0.1, -0.05) is 12.1 Å². The molecule has 208 valence electrons. The second-order valence-electron chi connectivity index (χ2n) is 9.79. The zero-order valence-electron chi connectivity index (χ0n) is 21.6. The Bertz CT molecular complexity index is 1360. The average Bonchev–Trinajstić information content (AvgIpc) is 3.34. The van der Waals surface area contributed by atoms with Crippen LogP contribution in [-0.2, 0) is 21.2 Å². The van der Waals surface area contributed by atoms with E-state index in [1.807, 2.05) is 0 Å². The predicted molar refractivity (Wildman–Crippen MR) is 145 cm³/mol. The van der Waals surface area contributed by atoms with Gasteiger partial charge in [-0.2, -0.15) is 4.31 Å². The van der Waals surface area contributed by atoms with Gasteiger partial charge in [-0.15, -0.1) is 0 Å². The Kier molecular flexibility index (Phi) is 8.33. The molecule has 0 bridgehead atoms. The molecule has 0 saturated carbocycles. The minimum absolute atomic E-state index is 0.0480. The molecule has 0 aromatic heterocycles. The molecule has 13 heteroatoms. The first kappa shape index (κ1) is 28.2. The minimum atomic E-state index is -3.29. The van der Waals surface area contributed by atoms with Crippen molar-refractivity contribution < 1.29 is 27.9 Å². The molecule has 2 fully saturated rings. The summed E-state index contributed by atoms with van der Waals surface area (Å²) >= 11 is 0. The van der Waals surface area contributed by atoms with E-state index < -0.39 is 22.0 Å². The smallest absolute Gasteiger partial charge is 0.335 e. The third-order valence-electron chi connectivity index (χ3n) is 7.12. The van der Waals surface area contributed by atoms with Crippen molar-refractivity contribution >= 4 is 39.3 Å². The Balaban J connectivity index is 1.54. The Morgan fingerprint density at radius 3 is 2.08 bits per heavy atom. The third kappa shape index (κ3) is 6.80. The van der Waals surface area contributed by atoms with Crippen molar-refractivity contribution in [2.75, 3.05) is 39.0 Å². The normalized spacial score (nSPS) is 20.5. The molecule has 1 amide bonds. The minimum Gasteiger partial charge on any atom is -0.478 e. The SMILES string of the molecule is CS(=O)(=O)N1CCN([C@H]2C[C@@H](C(=O)Cc3ccc(C(=O)O)cc3)N(C(=O)c3ccc(N=C(N)N)cc3)C2)CC1. The lowest BCUT2D eigenvalue weighted by atomic mass is 9.99. The Morgan fingerprint density at radius 2 is 1.54 bits per heavy atom. The number of aliphatic imine (C=N–C) groups is 1. The number of benzene rings is 2. The van der Waals surface area contributed by atoms with Crippen LogP contribution in [0.4, 0.5) is 5.69 Å². The lowest BCUT2D eigenvalue weighted by molar-refractivity contribution is -0.122. The first-order valence-corrected chi connectivity index (χ1v) is 14.3. The molecule has 2 aliphatic rings. The molecular weight excluding hydrogens is 524 g/mol. The molecule has 2 saturated heterocycles. The number of nitrogens with two attached hydrogens (primary N) is 2. The van der Waals surface area contributed by atoms with Crippen LogP contribution in [0.5, 0.6) is 0 Å². The number of hydrogen-bond donors (Lipinski definition) is 3. The van der Waals surface area contributed by atoms with Gasteiger partial charge in [0.25, 0.3) is 5.91 Å². The first-order chi connectivity index (χ1) is 18.4. The van der Waals surface area contributed by atoms with Gasteiger partial charge in [-0.3, -0.25) is 14.5 Å². The summed E-state index contributed by atoms with van der Waals surface area (Å²) in [5.74, 6) is -1.61. The number of ketones is 1. The number of guanidine groups is 1. The van der Waals surface area contributed by atoms with E-state index >= 15 is 0 Å². The number of rotatable bonds is 8. The van der Waals surface area contributed by atoms with E-state index in [0.29, 0.717) is 56.0 Å². The number of likely N-dealkylation sites (tertiary alicyclic amines) is 1. The highest BCUT2D eigenvalue weighted by atomic mass is 32.2. The topological polar surface area (TPSA) is 180 Å². The average molecular weight is 557 g/mol. The predicted octanol–water partition coefficient (Wildman–Crippen LogP) is 0.262. The van der Waals surface area contributed by atoms with Gasteiger partial charge in [0.15, 0.2) is 11.7 Å². The molecule has 4 rings (SSSR count). The molecule has 2 aromatic carbocycles. The molecule has 2 atom stereocenters. The maximum Gasteiger partial charge on any atom is 0.335 e. The summed E-state index contributed by atoms with van der Waals surface area (Å²) < 4.78 is 25.3. The van der Waals surface area contributed by atoms with Gasteiger partial charge in [0.1, 0.15) is 0 Å². The quantitative estimate of drug-likeness (QED) is 0.304. The number of nitrogens with zero attached hydrogens (tertiary/aromatic N) is 4. The van der Waals surface area contributed by atoms with E-state index in [1.165, 1.54) is 22.7 Å². The highest BCUT2D eigenvalue weighted by molar-refractivity contribution is 7.88. The van der Waals surface area contributed by atoms with Crippen molar-refractivity contribution in [1.82, 2.24) is 14.1 Å². The number of carboxylic acid groups (broad SMARTS) is 1. The zero-order chi connectivity index (χ0) is 28.3. The van der Waals surface area contributed by atoms with E-state index in [2.05, 4.69) is 9.89 Å². The lowest BCUT2D eigenvalue weighted by Gasteiger charge is -2.36. The Hall–Kier alpha value is -3.81. The summed E-state index contributed by atoms with van der Waals surface area (Å²) in [6.07, 6.45) is 1.66. The zero-order valence-corrected chi connectivity index (χ0v) is 22.4. The fourth-order valence-electron chi connectivity index (χ4n) is 5.09. The van der Waals surface area contributed by atoms with Crippen molar-refractivity contribution in [2.45, 2.75) is 24.9 Å². The number of carbonyl (C=O) groups is 3. The van der Waals surface area contributed by atoms with Gasteiger partial charge in [-0.25, -0.2) is 18.2 Å². The Labute approximate surface area is 226 Å². The molecule has 0 aliphatic carbocycles. The number of hydrogen-bond acceptors (Lipinski definition) is 7. The second-order valence-corrected chi connectivity index (χ2v) is 11.8. The second kappa shape index (κ2) is 11.5. The van der Waals surface area contributed by atoms with Crippen LogP contribution in [0.2, 0.25) is 0 Å². The van der Waals surface area contributed by atoms with Crippen molar-refractivity contribution in [3.05, 3.63) is 65.2 Å². The van der Waals surface area contributed by atoms with Crippen LogP contribution < -0.4 is 11.5 Å². The fourth-order valence-corrected chi connectivity index (χ4v) is 5.91. The van der Waals surface area contributed by atoms with E-state index in [1.54, 1.807) is 41.3 Å². The molecule has 2 aromatic rings. The maximum atomic E-state index is 13.6. The number of aromatic carboxylic acids is 1. The number of sulfonamides is 1. The number of piperazine rings is 1. The molecule has 2 heterocycles. The highest BCUT2D eigenvalue weighted by Gasteiger charge is 2.42. The van der Waals surface area contributed by atoms with Gasteiger partial charge in [0, 0.05) is 50.7 Å². The van der Waals surface area contributed by atoms with Gasteiger partial charge in [-0.05, 0) is 48.4 Å². The molecule has 0 spiro atoms. The first-order valence-electron chi connectivity index (χ1n) is 12.5. The van der Waals surface area contributed by atoms with Gasteiger partial charge < -0.3 is 21.5 Å². The number of amides is 1. The van der Waals surface area contributed by atoms with Crippen LogP contribution in [0, 0.1) is 0 Å². The van der Waals surface area contributed by atoms with Gasteiger partial charge in [0.05, 0.1) is 23.5 Å². The fraction of sp³-hybridized carbons (Fsp3) is 0.385. The lowest BCUT2D eigenvalue weighted by Crippen LogP contribution is -2.52. The number of Topliss-reactive ketones (excluding diaryl/α,β-unsaturated/α-hetero) is 1. The monoisotopic (exact) mass is 556 g/mol. The molecule has 39 heavy (non-hydrogen) atoms. The summed E-state index contributed by atoms with van der Waals surface area (Å²) in [5, 5.41) is 9.14. The van der Waals surface area contributed by atoms with E-state index in [9.17, 15) is 22.8 Å². The largest absolute Gasteiger partial charge is 0.478 e. The molecule has 12 nitrogen and oxygen atoms in total. The molecular formula is C26H32N6O6S. The van der Waals surface area contributed by atoms with Gasteiger partial charge >= 0.3 is 5.97 Å². The van der Waals surface area contributed by atoms with Crippen molar-refractivity contribution in [3.8, 4) is 0 Å². The Morgan fingerprint density at radius 1 is 0.949 bits per heavy atom. The van der Waals surface area contributed by atoms with Crippen LogP contribution in [0.15, 0.2) is 53.5 Å². The number of carbonyl (C=O) groups excluding carboxylic acids is 2. The standard InChI is InChI=1S/C26H32N6O6S/c1-39(37,38)31-12-10-30(11-13-31)21-15-22(23(33)14-17-2-4-19(5-3-17)25(35)36)32(16-21)24(34)18-6-8-20(9-7-18)29-26(27)28/h2-9,21-22H,10-16H2,1H3,(H,35,36)(H4,27,28,29)/t21-,22-/m0/s1. The molecule has 5 N–H and O–H groups in total. The highest BCUT2D eigenvalue weighted by Crippen LogP contribution is 2.28. The summed E-state index contributed by atoms with van der Waals surface area (Å²) in [4.78, 5) is 45.9. The van der Waals surface area contributed by atoms with E-state index in [0.717, 1.165) is 0 Å². The van der Waals surface area contributed by atoms with Crippen LogP contribution in [0.3, 0.4) is 0 Å². The van der Waals surface area contributed by atoms with Crippen LogP contribution >= 0.6 is 0 Å². The summed E-state index contributed by atoms with van der Waals surface area (Å²) in [6, 6.07) is 11.8. The van der Waals surface area contributed by atoms with E-state index in [4.69, 9.17) is 16.6 Å². The van der Waals surface area contributed by atoms with Crippen LogP contribution in [-0.4, -0.2) is 102 Å². The molecule has 0 unspecified atom stereocenters. The summed E-state index contributed by atoms with van der Waals surface area (Å²) in [7, 11) is -3.29. The van der Waals surface area contributed by atoms with Crippen molar-refractivity contribution in [3.63, 3.8) is 0 Å². The van der Waals surface area contributed by atoms with Crippen LogP contribution in [0.25, 0.3) is 0 Å². The van der Waals surface area contributed by atoms with Crippen LogP contribution in [0.1, 0.15) is 32.7 Å². The summed E-state index contributed by atoms with van der Waals surface area (Å²) in [5.41, 5.74) is 12.5.